The van der Waals surface area contributed by atoms with E-state index >= 15 is 0 Å². The number of phenolic OH excluding ortho intramolecular Hbond substituents is 1. The van der Waals surface area contributed by atoms with Gasteiger partial charge in [0.1, 0.15) is 5.75 Å². The molecule has 0 unspecified atom stereocenters. The maximum absolute atomic E-state index is 12.1. The van der Waals surface area contributed by atoms with Gasteiger partial charge in [0.05, 0.1) is 6.10 Å². The zero-order valence-electron chi connectivity index (χ0n) is 12.8. The molecule has 3 atom stereocenters. The Kier molecular flexibility index (Phi) is 7.65. The maximum atomic E-state index is 12.1. The third kappa shape index (κ3) is 5.16. The van der Waals surface area contributed by atoms with Crippen molar-refractivity contribution >= 4 is 18.3 Å². The molecule has 1 aromatic carbocycles. The van der Waals surface area contributed by atoms with Crippen molar-refractivity contribution in [2.45, 2.75) is 37.8 Å². The number of rotatable bonds is 5. The zero-order valence-corrected chi connectivity index (χ0v) is 13.6. The molecule has 0 saturated heterocycles. The van der Waals surface area contributed by atoms with Crippen LogP contribution in [0.4, 0.5) is 0 Å². The maximum Gasteiger partial charge on any atom is 0.223 e. The second kappa shape index (κ2) is 8.98. The van der Waals surface area contributed by atoms with Crippen LogP contribution < -0.4 is 11.1 Å². The molecule has 0 aromatic heterocycles. The summed E-state index contributed by atoms with van der Waals surface area (Å²) in [5.41, 5.74) is 7.11. The largest absolute Gasteiger partial charge is 0.508 e. The molecule has 0 heterocycles. The lowest BCUT2D eigenvalue weighted by Crippen LogP contribution is -2.45. The standard InChI is InChI=1S/C16H24N2O3.ClH/c1-21-15-7-4-12(10-14(15)17)16(20)18-9-8-11-2-5-13(19)6-3-11;/h2-3,5-6,12,14-15,19H,4,7-10,17H2,1H3,(H,18,20);1H/t12-,14+,15+;/m0./s1. The van der Waals surface area contributed by atoms with Crippen LogP contribution >= 0.6 is 12.4 Å². The van der Waals surface area contributed by atoms with Crippen molar-refractivity contribution in [3.8, 4) is 5.75 Å². The van der Waals surface area contributed by atoms with Crippen LogP contribution in [0.1, 0.15) is 24.8 Å². The van der Waals surface area contributed by atoms with Crippen LogP contribution in [0.25, 0.3) is 0 Å². The predicted molar refractivity (Wildman–Crippen MR) is 88.2 cm³/mol. The quantitative estimate of drug-likeness (QED) is 0.766. The molecule has 4 N–H and O–H groups in total. The first-order valence-corrected chi connectivity index (χ1v) is 7.44. The van der Waals surface area contributed by atoms with Gasteiger partial charge in [0.2, 0.25) is 5.91 Å². The monoisotopic (exact) mass is 328 g/mol. The van der Waals surface area contributed by atoms with E-state index in [1.807, 2.05) is 12.1 Å². The minimum absolute atomic E-state index is 0. The van der Waals surface area contributed by atoms with Crippen LogP contribution in [0.3, 0.4) is 0 Å². The predicted octanol–water partition coefficient (Wildman–Crippen LogP) is 1.62. The summed E-state index contributed by atoms with van der Waals surface area (Å²) in [6.45, 7) is 0.600. The number of aromatic hydroxyl groups is 1. The van der Waals surface area contributed by atoms with Gasteiger partial charge in [0, 0.05) is 25.6 Å². The normalized spacial score (nSPS) is 24.4. The molecule has 0 aliphatic heterocycles. The zero-order chi connectivity index (χ0) is 15.2. The molecule has 5 nitrogen and oxygen atoms in total. The average Bonchev–Trinajstić information content (AvgIpc) is 2.49. The van der Waals surface area contributed by atoms with Crippen LogP contribution in [0.2, 0.25) is 0 Å². The van der Waals surface area contributed by atoms with Crippen molar-refractivity contribution in [2.24, 2.45) is 11.7 Å². The van der Waals surface area contributed by atoms with E-state index in [4.69, 9.17) is 10.5 Å². The van der Waals surface area contributed by atoms with Crippen LogP contribution in [0.5, 0.6) is 5.75 Å². The number of benzene rings is 1. The van der Waals surface area contributed by atoms with Crippen molar-refractivity contribution in [3.63, 3.8) is 0 Å². The summed E-state index contributed by atoms with van der Waals surface area (Å²) >= 11 is 0. The minimum Gasteiger partial charge on any atom is -0.508 e. The van der Waals surface area contributed by atoms with E-state index in [1.54, 1.807) is 19.2 Å². The van der Waals surface area contributed by atoms with Gasteiger partial charge in [-0.25, -0.2) is 0 Å². The molecule has 124 valence electrons. The van der Waals surface area contributed by atoms with Crippen molar-refractivity contribution in [2.75, 3.05) is 13.7 Å². The molecule has 6 heteroatoms. The number of carbonyl (C=O) groups is 1. The summed E-state index contributed by atoms with van der Waals surface area (Å²) in [6, 6.07) is 6.98. The summed E-state index contributed by atoms with van der Waals surface area (Å²) in [6.07, 6.45) is 3.19. The highest BCUT2D eigenvalue weighted by Crippen LogP contribution is 2.25. The molecule has 0 radical (unpaired) electrons. The number of amides is 1. The Balaban J connectivity index is 0.00000242. The van der Waals surface area contributed by atoms with E-state index in [2.05, 4.69) is 5.32 Å². The number of phenols is 1. The second-order valence-corrected chi connectivity index (χ2v) is 5.66. The van der Waals surface area contributed by atoms with E-state index in [0.717, 1.165) is 24.8 Å². The molecule has 1 amide bonds. The first-order valence-electron chi connectivity index (χ1n) is 7.44. The molecule has 1 fully saturated rings. The molecule has 1 aromatic rings. The smallest absolute Gasteiger partial charge is 0.223 e. The van der Waals surface area contributed by atoms with Gasteiger partial charge in [-0.15, -0.1) is 12.4 Å². The van der Waals surface area contributed by atoms with Gasteiger partial charge in [-0.2, -0.15) is 0 Å². The van der Waals surface area contributed by atoms with E-state index in [-0.39, 0.29) is 42.1 Å². The minimum atomic E-state index is -0.0587. The van der Waals surface area contributed by atoms with Crippen molar-refractivity contribution in [1.82, 2.24) is 5.32 Å². The highest BCUT2D eigenvalue weighted by Gasteiger charge is 2.31. The fraction of sp³-hybridized carbons (Fsp3) is 0.562. The lowest BCUT2D eigenvalue weighted by atomic mass is 9.83. The number of hydrogen-bond acceptors (Lipinski definition) is 4. The number of hydrogen-bond donors (Lipinski definition) is 3. The van der Waals surface area contributed by atoms with Gasteiger partial charge in [-0.3, -0.25) is 4.79 Å². The molecular weight excluding hydrogens is 304 g/mol. The molecule has 1 saturated carbocycles. The number of ether oxygens (including phenoxy) is 1. The van der Waals surface area contributed by atoms with Gasteiger partial charge in [0.15, 0.2) is 0 Å². The highest BCUT2D eigenvalue weighted by molar-refractivity contribution is 5.85. The van der Waals surface area contributed by atoms with E-state index in [9.17, 15) is 9.90 Å². The van der Waals surface area contributed by atoms with E-state index < -0.39 is 0 Å². The van der Waals surface area contributed by atoms with Crippen molar-refractivity contribution in [3.05, 3.63) is 29.8 Å². The lowest BCUT2D eigenvalue weighted by Gasteiger charge is -2.32. The number of nitrogens with one attached hydrogen (secondary N) is 1. The molecule has 2 rings (SSSR count). The Morgan fingerprint density at radius 1 is 1.36 bits per heavy atom. The molecule has 22 heavy (non-hydrogen) atoms. The molecular formula is C16H25ClN2O3. The number of nitrogens with two attached hydrogens (primary N) is 1. The number of carbonyl (C=O) groups excluding carboxylic acids is 1. The summed E-state index contributed by atoms with van der Waals surface area (Å²) < 4.78 is 5.30. The Bertz CT molecular complexity index is 467. The second-order valence-electron chi connectivity index (χ2n) is 5.66. The van der Waals surface area contributed by atoms with Gasteiger partial charge in [-0.05, 0) is 43.4 Å². The number of methoxy groups -OCH3 is 1. The molecule has 1 aliphatic rings. The Morgan fingerprint density at radius 2 is 2.05 bits per heavy atom. The van der Waals surface area contributed by atoms with Crippen LogP contribution in [-0.2, 0) is 16.0 Å². The van der Waals surface area contributed by atoms with Gasteiger partial charge < -0.3 is 20.9 Å². The fourth-order valence-electron chi connectivity index (χ4n) is 2.85. The third-order valence-corrected chi connectivity index (χ3v) is 4.16. The molecule has 0 bridgehead atoms. The third-order valence-electron chi connectivity index (χ3n) is 4.16. The van der Waals surface area contributed by atoms with Crippen LogP contribution in [0.15, 0.2) is 24.3 Å². The van der Waals surface area contributed by atoms with Crippen molar-refractivity contribution in [1.29, 1.82) is 0 Å². The Hall–Kier alpha value is -1.30. The van der Waals surface area contributed by atoms with E-state index in [0.29, 0.717) is 13.0 Å². The summed E-state index contributed by atoms with van der Waals surface area (Å²) in [5.74, 6) is 0.330. The van der Waals surface area contributed by atoms with Crippen LogP contribution in [-0.4, -0.2) is 36.8 Å². The topological polar surface area (TPSA) is 84.6 Å². The average molecular weight is 329 g/mol. The Labute approximate surface area is 137 Å². The molecule has 0 spiro atoms. The fourth-order valence-corrected chi connectivity index (χ4v) is 2.85. The van der Waals surface area contributed by atoms with Gasteiger partial charge in [-0.1, -0.05) is 12.1 Å². The lowest BCUT2D eigenvalue weighted by molar-refractivity contribution is -0.127. The SMILES string of the molecule is CO[C@@H]1CC[C@H](C(=O)NCCc2ccc(O)cc2)C[C@H]1N.Cl. The highest BCUT2D eigenvalue weighted by atomic mass is 35.5. The first kappa shape index (κ1) is 18.7. The van der Waals surface area contributed by atoms with E-state index in [1.165, 1.54) is 0 Å². The first-order chi connectivity index (χ1) is 10.1. The summed E-state index contributed by atoms with van der Waals surface area (Å²) in [7, 11) is 1.67. The van der Waals surface area contributed by atoms with Gasteiger partial charge >= 0.3 is 0 Å². The number of halogens is 1. The Morgan fingerprint density at radius 3 is 2.64 bits per heavy atom. The summed E-state index contributed by atoms with van der Waals surface area (Å²) in [4.78, 5) is 12.1. The summed E-state index contributed by atoms with van der Waals surface area (Å²) in [5, 5.41) is 12.2. The van der Waals surface area contributed by atoms with Crippen molar-refractivity contribution < 1.29 is 14.6 Å². The van der Waals surface area contributed by atoms with Crippen LogP contribution in [0, 0.1) is 5.92 Å². The molecule has 1 aliphatic carbocycles. The van der Waals surface area contributed by atoms with Gasteiger partial charge in [0.25, 0.3) is 0 Å².